The highest BCUT2D eigenvalue weighted by atomic mass is 16.5. The van der Waals surface area contributed by atoms with Crippen LogP contribution in [0.5, 0.6) is 0 Å². The van der Waals surface area contributed by atoms with E-state index in [1.165, 1.54) is 0 Å². The van der Waals surface area contributed by atoms with Crippen LogP contribution < -0.4 is 0 Å². The first-order chi connectivity index (χ1) is 10.3. The zero-order chi connectivity index (χ0) is 14.7. The van der Waals surface area contributed by atoms with Crippen molar-refractivity contribution >= 4 is 0 Å². The Bertz CT molecular complexity index is 653. The van der Waals surface area contributed by atoms with Crippen molar-refractivity contribution in [2.75, 3.05) is 20.3 Å². The van der Waals surface area contributed by atoms with Crippen molar-refractivity contribution in [3.8, 4) is 6.07 Å². The lowest BCUT2D eigenvalue weighted by atomic mass is 10.3. The molecule has 2 aromatic rings. The van der Waals surface area contributed by atoms with E-state index in [-0.39, 0.29) is 0 Å². The maximum Gasteiger partial charge on any atom is 0.162 e. The van der Waals surface area contributed by atoms with Crippen molar-refractivity contribution in [3.63, 3.8) is 0 Å². The molecule has 0 fully saturated rings. The molecule has 7 nitrogen and oxygen atoms in total. The Balaban J connectivity index is 1.67. The molecule has 2 aromatic heterocycles. The highest BCUT2D eigenvalue weighted by Crippen LogP contribution is 2.15. The van der Waals surface area contributed by atoms with Crippen LogP contribution in [0.2, 0.25) is 0 Å². The number of hydrogen-bond donors (Lipinski definition) is 0. The van der Waals surface area contributed by atoms with Gasteiger partial charge in [0.25, 0.3) is 0 Å². The molecule has 0 saturated carbocycles. The van der Waals surface area contributed by atoms with E-state index in [1.807, 2.05) is 23.1 Å². The van der Waals surface area contributed by atoms with Crippen molar-refractivity contribution in [2.45, 2.75) is 26.2 Å². The smallest absolute Gasteiger partial charge is 0.162 e. The summed E-state index contributed by atoms with van der Waals surface area (Å²) in [5, 5.41) is 13.2. The van der Waals surface area contributed by atoms with Gasteiger partial charge in [-0.2, -0.15) is 10.4 Å². The summed E-state index contributed by atoms with van der Waals surface area (Å²) < 4.78 is 9.16. The Morgan fingerprint density at radius 1 is 1.43 bits per heavy atom. The molecule has 3 heterocycles. The molecule has 0 radical (unpaired) electrons. The van der Waals surface area contributed by atoms with Gasteiger partial charge in [-0.15, -0.1) is 0 Å². The van der Waals surface area contributed by atoms with Crippen molar-refractivity contribution in [1.82, 2.24) is 24.2 Å². The highest BCUT2D eigenvalue weighted by Gasteiger charge is 2.19. The zero-order valence-corrected chi connectivity index (χ0v) is 12.1. The molecule has 0 bridgehead atoms. The van der Waals surface area contributed by atoms with E-state index in [0.29, 0.717) is 12.3 Å². The third kappa shape index (κ3) is 2.96. The van der Waals surface area contributed by atoms with Crippen LogP contribution in [-0.2, 0) is 30.9 Å². The average molecular weight is 286 g/mol. The maximum atomic E-state index is 8.91. The fraction of sp³-hybridized carbons (Fsp3) is 0.500. The van der Waals surface area contributed by atoms with Crippen LogP contribution in [0.4, 0.5) is 0 Å². The summed E-state index contributed by atoms with van der Waals surface area (Å²) in [6.45, 7) is 4.82. The summed E-state index contributed by atoms with van der Waals surface area (Å²) in [6, 6.07) is 3.96. The minimum atomic E-state index is 0.494. The molecular formula is C14H18N6O. The van der Waals surface area contributed by atoms with E-state index >= 15 is 0 Å². The number of methoxy groups -OCH3 is 1. The molecular weight excluding hydrogens is 268 g/mol. The number of fused-ring (bicyclic) bond motifs is 1. The summed E-state index contributed by atoms with van der Waals surface area (Å²) in [5.41, 5.74) is 1.58. The van der Waals surface area contributed by atoms with E-state index in [1.54, 1.807) is 7.11 Å². The summed E-state index contributed by atoms with van der Waals surface area (Å²) in [5.74, 6) is 1.04. The summed E-state index contributed by atoms with van der Waals surface area (Å²) in [4.78, 5) is 6.75. The van der Waals surface area contributed by atoms with Gasteiger partial charge in [0.2, 0.25) is 0 Å². The zero-order valence-electron chi connectivity index (χ0n) is 12.1. The number of aromatic nitrogens is 4. The SMILES string of the molecule is COCCn1ccnc1CN1CCn2nc(C#N)cc2C1. The van der Waals surface area contributed by atoms with Crippen molar-refractivity contribution in [3.05, 3.63) is 35.7 Å². The normalized spacial score (nSPS) is 14.9. The first-order valence-corrected chi connectivity index (χ1v) is 6.98. The van der Waals surface area contributed by atoms with Gasteiger partial charge in [-0.05, 0) is 6.07 Å². The van der Waals surface area contributed by atoms with Crippen LogP contribution in [0.25, 0.3) is 0 Å². The van der Waals surface area contributed by atoms with Crippen molar-refractivity contribution in [1.29, 1.82) is 5.26 Å². The van der Waals surface area contributed by atoms with E-state index in [2.05, 4.69) is 25.6 Å². The lowest BCUT2D eigenvalue weighted by Crippen LogP contribution is -2.34. The molecule has 0 unspecified atom stereocenters. The molecule has 0 amide bonds. The molecule has 1 aliphatic rings. The van der Waals surface area contributed by atoms with Crippen molar-refractivity contribution < 1.29 is 4.74 Å². The van der Waals surface area contributed by atoms with Gasteiger partial charge in [0.1, 0.15) is 11.9 Å². The fourth-order valence-electron chi connectivity index (χ4n) is 2.60. The Kier molecular flexibility index (Phi) is 3.99. The van der Waals surface area contributed by atoms with Crippen LogP contribution in [-0.4, -0.2) is 44.5 Å². The molecule has 0 aliphatic carbocycles. The third-order valence-electron chi connectivity index (χ3n) is 3.69. The minimum absolute atomic E-state index is 0.494. The highest BCUT2D eigenvalue weighted by molar-refractivity contribution is 5.23. The standard InChI is InChI=1S/C14H18N6O/c1-21-7-6-19-3-2-16-14(19)11-18-4-5-20-13(10-18)8-12(9-15)17-20/h2-3,8H,4-7,10-11H2,1H3. The molecule has 0 aromatic carbocycles. The second kappa shape index (κ2) is 6.08. The summed E-state index contributed by atoms with van der Waals surface area (Å²) in [6.07, 6.45) is 3.81. The molecule has 21 heavy (non-hydrogen) atoms. The second-order valence-electron chi connectivity index (χ2n) is 5.10. The van der Waals surface area contributed by atoms with Crippen LogP contribution in [0.15, 0.2) is 18.5 Å². The quantitative estimate of drug-likeness (QED) is 0.805. The molecule has 1 aliphatic heterocycles. The number of rotatable bonds is 5. The predicted molar refractivity (Wildman–Crippen MR) is 75.2 cm³/mol. The van der Waals surface area contributed by atoms with Crippen molar-refractivity contribution in [2.24, 2.45) is 0 Å². The fourth-order valence-corrected chi connectivity index (χ4v) is 2.60. The number of nitriles is 1. The first kappa shape index (κ1) is 13.8. The summed E-state index contributed by atoms with van der Waals surface area (Å²) >= 11 is 0. The molecule has 110 valence electrons. The van der Waals surface area contributed by atoms with Gasteiger partial charge in [0, 0.05) is 39.1 Å². The lowest BCUT2D eigenvalue weighted by Gasteiger charge is -2.27. The van der Waals surface area contributed by atoms with E-state index in [4.69, 9.17) is 10.00 Å². The maximum absolute atomic E-state index is 8.91. The summed E-state index contributed by atoms with van der Waals surface area (Å²) in [7, 11) is 1.70. The van der Waals surface area contributed by atoms with E-state index in [0.717, 1.165) is 44.2 Å². The molecule has 7 heteroatoms. The van der Waals surface area contributed by atoms with Crippen LogP contribution in [0.1, 0.15) is 17.2 Å². The van der Waals surface area contributed by atoms with Gasteiger partial charge < -0.3 is 9.30 Å². The molecule has 0 atom stereocenters. The Labute approximate surface area is 123 Å². The topological polar surface area (TPSA) is 71.9 Å². The van der Waals surface area contributed by atoms with Crippen LogP contribution in [0.3, 0.4) is 0 Å². The number of ether oxygens (including phenoxy) is 1. The van der Waals surface area contributed by atoms with E-state index < -0.39 is 0 Å². The molecule has 0 saturated heterocycles. The predicted octanol–water partition coefficient (Wildman–Crippen LogP) is 0.613. The number of hydrogen-bond acceptors (Lipinski definition) is 5. The monoisotopic (exact) mass is 286 g/mol. The number of nitrogens with zero attached hydrogens (tertiary/aromatic N) is 6. The Hall–Kier alpha value is -2.17. The van der Waals surface area contributed by atoms with Gasteiger partial charge in [0.05, 0.1) is 25.4 Å². The van der Waals surface area contributed by atoms with Gasteiger partial charge in [-0.1, -0.05) is 0 Å². The minimum Gasteiger partial charge on any atom is -0.383 e. The first-order valence-electron chi connectivity index (χ1n) is 6.98. The lowest BCUT2D eigenvalue weighted by molar-refractivity contribution is 0.177. The van der Waals surface area contributed by atoms with Gasteiger partial charge >= 0.3 is 0 Å². The Morgan fingerprint density at radius 3 is 3.14 bits per heavy atom. The third-order valence-corrected chi connectivity index (χ3v) is 3.69. The van der Waals surface area contributed by atoms with Crippen LogP contribution in [0, 0.1) is 11.3 Å². The Morgan fingerprint density at radius 2 is 2.33 bits per heavy atom. The largest absolute Gasteiger partial charge is 0.383 e. The van der Waals surface area contributed by atoms with Gasteiger partial charge in [-0.3, -0.25) is 9.58 Å². The second-order valence-corrected chi connectivity index (χ2v) is 5.10. The van der Waals surface area contributed by atoms with E-state index in [9.17, 15) is 0 Å². The molecule has 0 spiro atoms. The van der Waals surface area contributed by atoms with Gasteiger partial charge in [-0.25, -0.2) is 4.98 Å². The molecule has 0 N–H and O–H groups in total. The molecule has 3 rings (SSSR count). The number of imidazole rings is 1. The van der Waals surface area contributed by atoms with Gasteiger partial charge in [0.15, 0.2) is 5.69 Å². The average Bonchev–Trinajstić information content (AvgIpc) is 3.11. The van der Waals surface area contributed by atoms with Crippen LogP contribution >= 0.6 is 0 Å².